The Morgan fingerprint density at radius 3 is 2.58 bits per heavy atom. The lowest BCUT2D eigenvalue weighted by molar-refractivity contribution is -0.120. The normalized spacial score (nSPS) is 14.7. The molecule has 2 aromatic carbocycles. The Labute approximate surface area is 189 Å². The number of nitrogens with zero attached hydrogens (tertiary/aromatic N) is 3. The molecule has 1 aliphatic heterocycles. The van der Waals surface area contributed by atoms with Crippen molar-refractivity contribution in [2.45, 2.75) is 12.8 Å². The maximum atomic E-state index is 13.0. The number of fused-ring (bicyclic) bond motifs is 1. The van der Waals surface area contributed by atoms with Crippen LogP contribution in [0.25, 0.3) is 20.8 Å². The third-order valence-corrected chi connectivity index (χ3v) is 6.90. The number of carbonyl (C=O) groups excluding carboxylic acids is 1. The van der Waals surface area contributed by atoms with Crippen LogP contribution in [0.2, 0.25) is 5.02 Å². The second-order valence-electron chi connectivity index (χ2n) is 7.62. The van der Waals surface area contributed by atoms with Gasteiger partial charge in [0, 0.05) is 30.8 Å². The van der Waals surface area contributed by atoms with Crippen LogP contribution < -0.4 is 10.2 Å². The van der Waals surface area contributed by atoms with Crippen molar-refractivity contribution in [3.8, 4) is 10.6 Å². The second-order valence-corrected chi connectivity index (χ2v) is 9.08. The van der Waals surface area contributed by atoms with Crippen molar-refractivity contribution in [2.24, 2.45) is 5.92 Å². The Hall–Kier alpha value is -2.96. The molecular formula is C24H21ClN4OS. The van der Waals surface area contributed by atoms with Gasteiger partial charge in [0.15, 0.2) is 0 Å². The van der Waals surface area contributed by atoms with Crippen molar-refractivity contribution in [1.82, 2.24) is 9.97 Å². The highest BCUT2D eigenvalue weighted by Crippen LogP contribution is 2.35. The van der Waals surface area contributed by atoms with Gasteiger partial charge in [-0.3, -0.25) is 4.79 Å². The molecule has 0 aliphatic carbocycles. The van der Waals surface area contributed by atoms with Crippen molar-refractivity contribution in [3.05, 3.63) is 71.9 Å². The van der Waals surface area contributed by atoms with Crippen molar-refractivity contribution < 1.29 is 4.79 Å². The Morgan fingerprint density at radius 2 is 1.81 bits per heavy atom. The van der Waals surface area contributed by atoms with E-state index in [4.69, 9.17) is 16.6 Å². The first-order valence-electron chi connectivity index (χ1n) is 10.3. The van der Waals surface area contributed by atoms with Gasteiger partial charge in [0.05, 0.1) is 20.9 Å². The number of thiazole rings is 1. The van der Waals surface area contributed by atoms with E-state index in [0.29, 0.717) is 5.02 Å². The van der Waals surface area contributed by atoms with Gasteiger partial charge in [-0.25, -0.2) is 9.97 Å². The summed E-state index contributed by atoms with van der Waals surface area (Å²) >= 11 is 7.58. The van der Waals surface area contributed by atoms with Crippen molar-refractivity contribution in [2.75, 3.05) is 23.3 Å². The van der Waals surface area contributed by atoms with E-state index in [1.807, 2.05) is 54.6 Å². The molecule has 0 spiro atoms. The first-order valence-corrected chi connectivity index (χ1v) is 11.5. The summed E-state index contributed by atoms with van der Waals surface area (Å²) in [6.07, 6.45) is 3.24. The zero-order valence-electron chi connectivity index (χ0n) is 16.8. The van der Waals surface area contributed by atoms with Gasteiger partial charge in [0.2, 0.25) is 5.91 Å². The molecule has 1 amide bonds. The molecule has 5 nitrogen and oxygen atoms in total. The lowest BCUT2D eigenvalue weighted by Gasteiger charge is -2.32. The average Bonchev–Trinajstić information content (AvgIpc) is 3.24. The predicted molar refractivity (Wildman–Crippen MR) is 128 cm³/mol. The smallest absolute Gasteiger partial charge is 0.227 e. The fourth-order valence-corrected chi connectivity index (χ4v) is 5.04. The third kappa shape index (κ3) is 4.27. The molecule has 1 N–H and O–H groups in total. The van der Waals surface area contributed by atoms with Gasteiger partial charge in [-0.15, -0.1) is 11.3 Å². The zero-order valence-corrected chi connectivity index (χ0v) is 18.4. The molecular weight excluding hydrogens is 428 g/mol. The summed E-state index contributed by atoms with van der Waals surface area (Å²) in [6, 6.07) is 19.8. The van der Waals surface area contributed by atoms with Crippen LogP contribution >= 0.6 is 22.9 Å². The molecule has 1 fully saturated rings. The molecule has 2 aromatic heterocycles. The Balaban J connectivity index is 1.29. The fraction of sp³-hybridized carbons (Fsp3) is 0.208. The molecule has 7 heteroatoms. The minimum atomic E-state index is -0.0213. The first kappa shape index (κ1) is 20.0. The average molecular weight is 449 g/mol. The molecule has 5 rings (SSSR count). The molecule has 31 heavy (non-hydrogen) atoms. The van der Waals surface area contributed by atoms with E-state index in [0.717, 1.165) is 58.2 Å². The summed E-state index contributed by atoms with van der Waals surface area (Å²) in [6.45, 7) is 1.60. The SMILES string of the molecule is O=C(Nc1ccccc1-c1nc2ccccc2s1)C1CCN(c2ccc(Cl)cn2)CC1. The van der Waals surface area contributed by atoms with Crippen molar-refractivity contribution in [3.63, 3.8) is 0 Å². The van der Waals surface area contributed by atoms with Crippen molar-refractivity contribution >= 4 is 50.6 Å². The first-order chi connectivity index (χ1) is 15.2. The summed E-state index contributed by atoms with van der Waals surface area (Å²) in [5, 5.41) is 4.71. The number of rotatable bonds is 4. The van der Waals surface area contributed by atoms with Crippen molar-refractivity contribution in [1.29, 1.82) is 0 Å². The number of nitrogens with one attached hydrogen (secondary N) is 1. The molecule has 0 radical (unpaired) electrons. The lowest BCUT2D eigenvalue weighted by atomic mass is 9.95. The maximum Gasteiger partial charge on any atom is 0.227 e. The van der Waals surface area contributed by atoms with Crippen LogP contribution in [0.4, 0.5) is 11.5 Å². The number of halogens is 1. The van der Waals surface area contributed by atoms with Gasteiger partial charge in [-0.05, 0) is 49.2 Å². The molecule has 0 atom stereocenters. The minimum Gasteiger partial charge on any atom is -0.357 e. The molecule has 1 saturated heterocycles. The van der Waals surface area contributed by atoms with E-state index in [9.17, 15) is 4.79 Å². The van der Waals surface area contributed by atoms with Crippen LogP contribution in [0.3, 0.4) is 0 Å². The Morgan fingerprint density at radius 1 is 1.03 bits per heavy atom. The predicted octanol–water partition coefficient (Wildman–Crippen LogP) is 5.87. The number of anilines is 2. The molecule has 1 aliphatic rings. The van der Waals surface area contributed by atoms with E-state index in [-0.39, 0.29) is 11.8 Å². The van der Waals surface area contributed by atoms with Crippen LogP contribution in [0.5, 0.6) is 0 Å². The summed E-state index contributed by atoms with van der Waals surface area (Å²) in [5.41, 5.74) is 2.75. The quantitative estimate of drug-likeness (QED) is 0.424. The number of amides is 1. The number of aromatic nitrogens is 2. The highest BCUT2D eigenvalue weighted by Gasteiger charge is 2.26. The zero-order chi connectivity index (χ0) is 21.2. The Kier molecular flexibility index (Phi) is 5.57. The molecule has 3 heterocycles. The summed E-state index contributed by atoms with van der Waals surface area (Å²) in [7, 11) is 0. The fourth-order valence-electron chi connectivity index (χ4n) is 3.93. The van der Waals surface area contributed by atoms with Gasteiger partial charge in [-0.1, -0.05) is 35.9 Å². The monoisotopic (exact) mass is 448 g/mol. The number of pyridine rings is 1. The van der Waals surface area contributed by atoms with Gasteiger partial charge >= 0.3 is 0 Å². The number of benzene rings is 2. The second kappa shape index (κ2) is 8.65. The molecule has 4 aromatic rings. The summed E-state index contributed by atoms with van der Waals surface area (Å²) < 4.78 is 1.14. The standard InChI is InChI=1S/C24H21ClN4OS/c25-17-9-10-22(26-15-17)29-13-11-16(12-14-29)23(30)27-19-6-2-1-5-18(19)24-28-20-7-3-4-8-21(20)31-24/h1-10,15-16H,11-14H2,(H,27,30). The lowest BCUT2D eigenvalue weighted by Crippen LogP contribution is -2.38. The molecule has 0 saturated carbocycles. The van der Waals surface area contributed by atoms with Crippen LogP contribution in [0, 0.1) is 5.92 Å². The van der Waals surface area contributed by atoms with Crippen LogP contribution in [0.1, 0.15) is 12.8 Å². The highest BCUT2D eigenvalue weighted by molar-refractivity contribution is 7.21. The van der Waals surface area contributed by atoms with Gasteiger partial charge in [-0.2, -0.15) is 0 Å². The van der Waals surface area contributed by atoms with Crippen LogP contribution in [-0.2, 0) is 4.79 Å². The van der Waals surface area contributed by atoms with Crippen LogP contribution in [0.15, 0.2) is 66.9 Å². The topological polar surface area (TPSA) is 58.1 Å². The van der Waals surface area contributed by atoms with E-state index >= 15 is 0 Å². The molecule has 0 unspecified atom stereocenters. The molecule has 156 valence electrons. The number of hydrogen-bond donors (Lipinski definition) is 1. The molecule has 0 bridgehead atoms. The van der Waals surface area contributed by atoms with E-state index in [2.05, 4.69) is 21.3 Å². The highest BCUT2D eigenvalue weighted by atomic mass is 35.5. The number of para-hydroxylation sites is 2. The van der Waals surface area contributed by atoms with E-state index in [1.165, 1.54) is 0 Å². The largest absolute Gasteiger partial charge is 0.357 e. The van der Waals surface area contributed by atoms with E-state index < -0.39 is 0 Å². The number of piperidine rings is 1. The van der Waals surface area contributed by atoms with Gasteiger partial charge in [0.1, 0.15) is 10.8 Å². The summed E-state index contributed by atoms with van der Waals surface area (Å²) in [4.78, 5) is 24.4. The van der Waals surface area contributed by atoms with E-state index in [1.54, 1.807) is 17.5 Å². The minimum absolute atomic E-state index is 0.0213. The number of hydrogen-bond acceptors (Lipinski definition) is 5. The van der Waals surface area contributed by atoms with Gasteiger partial charge in [0.25, 0.3) is 0 Å². The maximum absolute atomic E-state index is 13.0. The van der Waals surface area contributed by atoms with Crippen LogP contribution in [-0.4, -0.2) is 29.0 Å². The Bertz CT molecular complexity index is 1180. The third-order valence-electron chi connectivity index (χ3n) is 5.61. The summed E-state index contributed by atoms with van der Waals surface area (Å²) in [5.74, 6) is 0.952. The van der Waals surface area contributed by atoms with Gasteiger partial charge < -0.3 is 10.2 Å². The number of carbonyl (C=O) groups is 1.